The Morgan fingerprint density at radius 3 is 2.88 bits per heavy atom. The number of para-hydroxylation sites is 1. The first-order valence-electron chi connectivity index (χ1n) is 5.62. The number of nitrogens with one attached hydrogen (secondary N) is 1. The van der Waals surface area contributed by atoms with Gasteiger partial charge >= 0.3 is 0 Å². The van der Waals surface area contributed by atoms with Crippen LogP contribution in [0.3, 0.4) is 0 Å². The summed E-state index contributed by atoms with van der Waals surface area (Å²) in [5.41, 5.74) is 6.99. The Hall–Kier alpha value is -1.55. The van der Waals surface area contributed by atoms with Crippen LogP contribution in [0.1, 0.15) is 6.92 Å². The Bertz CT molecular complexity index is 359. The molecular weight excluding hydrogens is 200 g/mol. The summed E-state index contributed by atoms with van der Waals surface area (Å²) in [5, 5.41) is 3.34. The van der Waals surface area contributed by atoms with Gasteiger partial charge in [0.05, 0.1) is 19.3 Å². The summed E-state index contributed by atoms with van der Waals surface area (Å²) in [6, 6.07) is 10.1. The Balaban J connectivity index is 1.91. The summed E-state index contributed by atoms with van der Waals surface area (Å²) in [5.74, 6) is 1.05. The summed E-state index contributed by atoms with van der Waals surface area (Å²) < 4.78 is 0. The molecule has 0 aliphatic carbocycles. The molecule has 1 unspecified atom stereocenters. The number of hydrogen-bond acceptors (Lipinski definition) is 4. The molecule has 1 aliphatic rings. The molecule has 3 N–H and O–H groups in total. The van der Waals surface area contributed by atoms with Gasteiger partial charge in [0.1, 0.15) is 5.84 Å². The third-order valence-electron chi connectivity index (χ3n) is 2.68. The van der Waals surface area contributed by atoms with Crippen LogP contribution in [0, 0.1) is 0 Å². The molecule has 0 amide bonds. The number of benzene rings is 1. The maximum atomic E-state index is 5.87. The quantitative estimate of drug-likeness (QED) is 0.796. The van der Waals surface area contributed by atoms with Crippen LogP contribution < -0.4 is 11.1 Å². The van der Waals surface area contributed by atoms with E-state index >= 15 is 0 Å². The van der Waals surface area contributed by atoms with Crippen molar-refractivity contribution in [3.05, 3.63) is 30.3 Å². The van der Waals surface area contributed by atoms with Crippen LogP contribution in [-0.2, 0) is 0 Å². The van der Waals surface area contributed by atoms with E-state index in [9.17, 15) is 0 Å². The second-order valence-corrected chi connectivity index (χ2v) is 3.95. The molecule has 0 spiro atoms. The van der Waals surface area contributed by atoms with Crippen molar-refractivity contribution in [3.63, 3.8) is 0 Å². The Kier molecular flexibility index (Phi) is 3.41. The molecule has 0 fully saturated rings. The van der Waals surface area contributed by atoms with E-state index < -0.39 is 0 Å². The highest BCUT2D eigenvalue weighted by molar-refractivity contribution is 5.87. The van der Waals surface area contributed by atoms with Crippen molar-refractivity contribution in [2.75, 3.05) is 25.0 Å². The van der Waals surface area contributed by atoms with Crippen molar-refractivity contribution in [2.24, 2.45) is 10.7 Å². The number of nitrogens with zero attached hydrogens (tertiary/aromatic N) is 2. The molecule has 0 radical (unpaired) electrons. The number of hydrogen-bond donors (Lipinski definition) is 2. The molecule has 0 saturated carbocycles. The average molecular weight is 218 g/mol. The van der Waals surface area contributed by atoms with Gasteiger partial charge in [-0.3, -0.25) is 4.99 Å². The number of anilines is 1. The summed E-state index contributed by atoms with van der Waals surface area (Å²) in [4.78, 5) is 6.59. The first-order chi connectivity index (χ1) is 7.77. The van der Waals surface area contributed by atoms with Crippen LogP contribution in [0.15, 0.2) is 35.3 Å². The zero-order valence-electron chi connectivity index (χ0n) is 9.56. The van der Waals surface area contributed by atoms with Gasteiger partial charge in [0.2, 0.25) is 0 Å². The van der Waals surface area contributed by atoms with Crippen LogP contribution >= 0.6 is 0 Å². The molecule has 86 valence electrons. The zero-order chi connectivity index (χ0) is 11.4. The van der Waals surface area contributed by atoms with Crippen molar-refractivity contribution >= 4 is 11.5 Å². The van der Waals surface area contributed by atoms with E-state index in [1.807, 2.05) is 37.3 Å². The minimum absolute atomic E-state index is 0.0406. The van der Waals surface area contributed by atoms with Crippen LogP contribution in [-0.4, -0.2) is 36.5 Å². The molecule has 1 aromatic carbocycles. The third-order valence-corrected chi connectivity index (χ3v) is 2.68. The molecule has 1 aromatic rings. The van der Waals surface area contributed by atoms with Gasteiger partial charge in [0.15, 0.2) is 0 Å². The van der Waals surface area contributed by atoms with Crippen molar-refractivity contribution < 1.29 is 0 Å². The number of nitrogens with two attached hydrogens (primary N) is 1. The predicted octanol–water partition coefficient (Wildman–Crippen LogP) is 1.12. The van der Waals surface area contributed by atoms with Crippen molar-refractivity contribution in [3.8, 4) is 0 Å². The number of aliphatic imine (C=N–C) groups is 1. The number of rotatable bonds is 4. The van der Waals surface area contributed by atoms with Crippen LogP contribution in [0.4, 0.5) is 5.69 Å². The Morgan fingerprint density at radius 1 is 1.44 bits per heavy atom. The summed E-state index contributed by atoms with van der Waals surface area (Å²) in [7, 11) is 0. The van der Waals surface area contributed by atoms with Crippen molar-refractivity contribution in [1.82, 2.24) is 4.90 Å². The lowest BCUT2D eigenvalue weighted by molar-refractivity contribution is 0.363. The first-order valence-corrected chi connectivity index (χ1v) is 5.62. The second kappa shape index (κ2) is 4.99. The van der Waals surface area contributed by atoms with Crippen molar-refractivity contribution in [2.45, 2.75) is 13.1 Å². The van der Waals surface area contributed by atoms with Crippen LogP contribution in [0.25, 0.3) is 0 Å². The van der Waals surface area contributed by atoms with E-state index in [4.69, 9.17) is 5.73 Å². The van der Waals surface area contributed by atoms with Gasteiger partial charge in [-0.05, 0) is 19.1 Å². The van der Waals surface area contributed by atoms with Crippen LogP contribution in [0.5, 0.6) is 0 Å². The molecule has 16 heavy (non-hydrogen) atoms. The maximum Gasteiger partial charge on any atom is 0.120 e. The minimum atomic E-state index is 0.0406. The second-order valence-electron chi connectivity index (χ2n) is 3.95. The standard InChI is InChI=1S/C12H18N4/c1-10(13)16-8-7-14-12(16)9-15-11-5-3-2-4-6-11/h2-6,10,15H,7-9,13H2,1H3. The molecule has 4 nitrogen and oxygen atoms in total. The molecule has 2 rings (SSSR count). The van der Waals surface area contributed by atoms with Gasteiger partial charge in [0, 0.05) is 12.2 Å². The van der Waals surface area contributed by atoms with E-state index in [-0.39, 0.29) is 6.17 Å². The minimum Gasteiger partial charge on any atom is -0.378 e. The Morgan fingerprint density at radius 2 is 2.19 bits per heavy atom. The van der Waals surface area contributed by atoms with Gasteiger partial charge in [0.25, 0.3) is 0 Å². The third kappa shape index (κ3) is 2.52. The molecule has 4 heteroatoms. The molecule has 1 heterocycles. The highest BCUT2D eigenvalue weighted by Crippen LogP contribution is 2.08. The highest BCUT2D eigenvalue weighted by Gasteiger charge is 2.18. The largest absolute Gasteiger partial charge is 0.378 e. The lowest BCUT2D eigenvalue weighted by atomic mass is 10.3. The lowest BCUT2D eigenvalue weighted by Crippen LogP contribution is -2.44. The van der Waals surface area contributed by atoms with Gasteiger partial charge in [-0.2, -0.15) is 0 Å². The summed E-state index contributed by atoms with van der Waals surface area (Å²) >= 11 is 0. The molecule has 0 saturated heterocycles. The van der Waals surface area contributed by atoms with Gasteiger partial charge < -0.3 is 16.0 Å². The van der Waals surface area contributed by atoms with E-state index in [1.54, 1.807) is 0 Å². The maximum absolute atomic E-state index is 5.87. The molecule has 0 bridgehead atoms. The molecule has 0 aromatic heterocycles. The van der Waals surface area contributed by atoms with E-state index in [0.717, 1.165) is 31.2 Å². The van der Waals surface area contributed by atoms with Gasteiger partial charge in [-0.15, -0.1) is 0 Å². The Labute approximate surface area is 96.2 Å². The monoisotopic (exact) mass is 218 g/mol. The summed E-state index contributed by atoms with van der Waals surface area (Å²) in [6.45, 7) is 4.52. The van der Waals surface area contributed by atoms with Gasteiger partial charge in [-0.1, -0.05) is 18.2 Å². The van der Waals surface area contributed by atoms with Gasteiger partial charge in [-0.25, -0.2) is 0 Å². The smallest absolute Gasteiger partial charge is 0.120 e. The SMILES string of the molecule is CC(N)N1CCN=C1CNc1ccccc1. The number of amidine groups is 1. The van der Waals surface area contributed by atoms with E-state index in [1.165, 1.54) is 0 Å². The topological polar surface area (TPSA) is 53.6 Å². The van der Waals surface area contributed by atoms with Crippen LogP contribution in [0.2, 0.25) is 0 Å². The lowest BCUT2D eigenvalue weighted by Gasteiger charge is -2.24. The fraction of sp³-hybridized carbons (Fsp3) is 0.417. The summed E-state index contributed by atoms with van der Waals surface area (Å²) in [6.07, 6.45) is 0.0406. The van der Waals surface area contributed by atoms with Crippen molar-refractivity contribution in [1.29, 1.82) is 0 Å². The first kappa shape index (κ1) is 11.0. The fourth-order valence-electron chi connectivity index (χ4n) is 1.84. The average Bonchev–Trinajstić information content (AvgIpc) is 2.76. The zero-order valence-corrected chi connectivity index (χ0v) is 9.56. The fourth-order valence-corrected chi connectivity index (χ4v) is 1.84. The highest BCUT2D eigenvalue weighted by atomic mass is 15.3. The van der Waals surface area contributed by atoms with E-state index in [2.05, 4.69) is 15.2 Å². The molecule has 1 atom stereocenters. The molecule has 1 aliphatic heterocycles. The van der Waals surface area contributed by atoms with E-state index in [0.29, 0.717) is 0 Å². The molecular formula is C12H18N4. The predicted molar refractivity (Wildman–Crippen MR) is 67.6 cm³/mol. The normalized spacial score (nSPS) is 17.1.